The van der Waals surface area contributed by atoms with Crippen molar-refractivity contribution in [1.82, 2.24) is 5.48 Å². The Kier molecular flexibility index (Phi) is 6.53. The molecule has 0 saturated carbocycles. The van der Waals surface area contributed by atoms with Gasteiger partial charge in [-0.05, 0) is 37.0 Å². The monoisotopic (exact) mass is 338 g/mol. The molecular formula is C16H22N2O6. The van der Waals surface area contributed by atoms with Crippen LogP contribution in [0.4, 0.5) is 0 Å². The Morgan fingerprint density at radius 3 is 2.88 bits per heavy atom. The van der Waals surface area contributed by atoms with Gasteiger partial charge in [0.05, 0.1) is 12.7 Å². The first-order valence-corrected chi connectivity index (χ1v) is 7.74. The van der Waals surface area contributed by atoms with E-state index in [1.165, 1.54) is 7.11 Å². The molecule has 24 heavy (non-hydrogen) atoms. The molecule has 0 aromatic heterocycles. The van der Waals surface area contributed by atoms with E-state index in [4.69, 9.17) is 25.2 Å². The summed E-state index contributed by atoms with van der Waals surface area (Å²) in [6.45, 7) is 0.613. The van der Waals surface area contributed by atoms with E-state index in [0.29, 0.717) is 17.9 Å². The van der Waals surface area contributed by atoms with Gasteiger partial charge in [0.25, 0.3) is 5.91 Å². The van der Waals surface area contributed by atoms with Gasteiger partial charge >= 0.3 is 5.97 Å². The number of carboxylic acids is 1. The number of amides is 1. The minimum absolute atomic E-state index is 0.139. The highest BCUT2D eigenvalue weighted by atomic mass is 16.8. The second-order valence-electron chi connectivity index (χ2n) is 5.53. The third-order valence-electron chi connectivity index (χ3n) is 3.70. The van der Waals surface area contributed by atoms with Crippen LogP contribution >= 0.6 is 0 Å². The van der Waals surface area contributed by atoms with Crippen LogP contribution in [0.15, 0.2) is 18.2 Å². The number of carbonyl (C=O) groups excluding carboxylic acids is 1. The maximum absolute atomic E-state index is 12.2. The summed E-state index contributed by atoms with van der Waals surface area (Å²) < 4.78 is 10.6. The molecule has 8 heteroatoms. The molecule has 1 aliphatic rings. The maximum atomic E-state index is 12.2. The van der Waals surface area contributed by atoms with Crippen LogP contribution in [0.3, 0.4) is 0 Å². The van der Waals surface area contributed by atoms with Gasteiger partial charge in [-0.2, -0.15) is 0 Å². The van der Waals surface area contributed by atoms with Gasteiger partial charge in [0, 0.05) is 13.0 Å². The minimum atomic E-state index is -1.09. The number of aliphatic carboxylic acids is 1. The molecule has 4 N–H and O–H groups in total. The topological polar surface area (TPSA) is 120 Å². The molecule has 0 spiro atoms. The molecule has 1 fully saturated rings. The molecule has 0 aliphatic carbocycles. The molecular weight excluding hydrogens is 316 g/mol. The zero-order valence-electron chi connectivity index (χ0n) is 13.5. The van der Waals surface area contributed by atoms with Crippen molar-refractivity contribution in [3.8, 4) is 5.75 Å². The van der Waals surface area contributed by atoms with E-state index < -0.39 is 24.2 Å². The number of carbonyl (C=O) groups is 2. The van der Waals surface area contributed by atoms with Crippen molar-refractivity contribution in [1.29, 1.82) is 0 Å². The molecule has 132 valence electrons. The summed E-state index contributed by atoms with van der Waals surface area (Å²) in [5, 5.41) is 8.86. The van der Waals surface area contributed by atoms with Gasteiger partial charge in [0.1, 0.15) is 11.8 Å². The summed E-state index contributed by atoms with van der Waals surface area (Å²) in [4.78, 5) is 28.3. The molecule has 1 aromatic rings. The zero-order chi connectivity index (χ0) is 17.5. The van der Waals surface area contributed by atoms with Crippen LogP contribution in [0.25, 0.3) is 0 Å². The van der Waals surface area contributed by atoms with Crippen LogP contribution in [-0.2, 0) is 20.8 Å². The second kappa shape index (κ2) is 8.62. The van der Waals surface area contributed by atoms with Crippen molar-refractivity contribution < 1.29 is 29.0 Å². The van der Waals surface area contributed by atoms with Gasteiger partial charge in [0.15, 0.2) is 6.29 Å². The third-order valence-corrected chi connectivity index (χ3v) is 3.70. The molecule has 0 bridgehead atoms. The van der Waals surface area contributed by atoms with E-state index in [-0.39, 0.29) is 12.0 Å². The number of hydrogen-bond acceptors (Lipinski definition) is 6. The fraction of sp³-hybridized carbons (Fsp3) is 0.500. The van der Waals surface area contributed by atoms with Crippen molar-refractivity contribution in [2.75, 3.05) is 13.7 Å². The highest BCUT2D eigenvalue weighted by molar-refractivity contribution is 5.96. The molecule has 1 amide bonds. The Hall–Kier alpha value is -2.16. The average Bonchev–Trinajstić information content (AvgIpc) is 2.60. The van der Waals surface area contributed by atoms with Crippen molar-refractivity contribution in [2.24, 2.45) is 5.73 Å². The predicted molar refractivity (Wildman–Crippen MR) is 84.5 cm³/mol. The summed E-state index contributed by atoms with van der Waals surface area (Å²) in [6, 6.07) is 3.76. The third kappa shape index (κ3) is 4.92. The first-order valence-electron chi connectivity index (χ1n) is 7.74. The number of nitrogens with two attached hydrogens (primary N) is 1. The Bertz CT molecular complexity index is 586. The van der Waals surface area contributed by atoms with Crippen LogP contribution < -0.4 is 16.0 Å². The molecule has 2 rings (SSSR count). The molecule has 8 nitrogen and oxygen atoms in total. The number of benzene rings is 1. The fourth-order valence-corrected chi connectivity index (χ4v) is 2.37. The van der Waals surface area contributed by atoms with E-state index >= 15 is 0 Å². The van der Waals surface area contributed by atoms with Crippen LogP contribution in [0.2, 0.25) is 0 Å². The number of nitrogens with one attached hydrogen (secondary N) is 1. The zero-order valence-corrected chi connectivity index (χ0v) is 13.5. The van der Waals surface area contributed by atoms with Crippen LogP contribution in [0, 0.1) is 0 Å². The number of hydroxylamine groups is 1. The van der Waals surface area contributed by atoms with Crippen LogP contribution in [-0.4, -0.2) is 43.0 Å². The van der Waals surface area contributed by atoms with Crippen molar-refractivity contribution in [2.45, 2.75) is 38.0 Å². The fourth-order valence-electron chi connectivity index (χ4n) is 2.37. The first-order chi connectivity index (χ1) is 11.5. The summed E-state index contributed by atoms with van der Waals surface area (Å²) in [6.07, 6.45) is 2.40. The number of carboxylic acid groups (broad SMARTS) is 1. The van der Waals surface area contributed by atoms with Crippen molar-refractivity contribution in [3.63, 3.8) is 0 Å². The SMILES string of the molecule is COc1cc(CC(N)C(=O)O)ccc1C(=O)NOC1CCCCO1. The Morgan fingerprint density at radius 2 is 2.25 bits per heavy atom. The molecule has 2 atom stereocenters. The molecule has 2 unspecified atom stereocenters. The first kappa shape index (κ1) is 18.2. The van der Waals surface area contributed by atoms with E-state index in [9.17, 15) is 9.59 Å². The lowest BCUT2D eigenvalue weighted by atomic mass is 10.0. The van der Waals surface area contributed by atoms with E-state index in [1.54, 1.807) is 18.2 Å². The normalized spacial score (nSPS) is 18.7. The Balaban J connectivity index is 2.00. The van der Waals surface area contributed by atoms with Gasteiger partial charge in [-0.1, -0.05) is 6.07 Å². The number of ether oxygens (including phenoxy) is 2. The lowest BCUT2D eigenvalue weighted by Crippen LogP contribution is -2.33. The van der Waals surface area contributed by atoms with E-state index in [1.807, 2.05) is 0 Å². The lowest BCUT2D eigenvalue weighted by Gasteiger charge is -2.22. The van der Waals surface area contributed by atoms with Crippen LogP contribution in [0.5, 0.6) is 5.75 Å². The van der Waals surface area contributed by atoms with Gasteiger partial charge in [-0.25, -0.2) is 10.3 Å². The number of rotatable bonds is 7. The smallest absolute Gasteiger partial charge is 0.320 e. The second-order valence-corrected chi connectivity index (χ2v) is 5.53. The highest BCUT2D eigenvalue weighted by Gasteiger charge is 2.19. The summed E-state index contributed by atoms with van der Waals surface area (Å²) in [5.41, 5.74) is 8.81. The quantitative estimate of drug-likeness (QED) is 0.630. The van der Waals surface area contributed by atoms with Crippen molar-refractivity contribution >= 4 is 11.9 Å². The summed E-state index contributed by atoms with van der Waals surface area (Å²) in [7, 11) is 1.43. The van der Waals surface area contributed by atoms with E-state index in [2.05, 4.69) is 5.48 Å². The number of methoxy groups -OCH3 is 1. The minimum Gasteiger partial charge on any atom is -0.496 e. The standard InChI is InChI=1S/C16H22N2O6/c1-22-13-9-10(8-12(17)16(20)21)5-6-11(13)15(19)18-24-14-4-2-3-7-23-14/h5-6,9,12,14H,2-4,7-8,17H2,1H3,(H,18,19)(H,20,21). The molecule has 1 aliphatic heterocycles. The molecule has 1 saturated heterocycles. The Labute approximate surface area is 139 Å². The largest absolute Gasteiger partial charge is 0.496 e. The Morgan fingerprint density at radius 1 is 1.46 bits per heavy atom. The maximum Gasteiger partial charge on any atom is 0.320 e. The van der Waals surface area contributed by atoms with E-state index in [0.717, 1.165) is 19.3 Å². The van der Waals surface area contributed by atoms with Gasteiger partial charge in [0.2, 0.25) is 0 Å². The highest BCUT2D eigenvalue weighted by Crippen LogP contribution is 2.21. The number of hydrogen-bond donors (Lipinski definition) is 3. The van der Waals surface area contributed by atoms with Gasteiger partial charge < -0.3 is 20.3 Å². The summed E-state index contributed by atoms with van der Waals surface area (Å²) in [5.74, 6) is -1.23. The van der Waals surface area contributed by atoms with Crippen molar-refractivity contribution in [3.05, 3.63) is 29.3 Å². The molecule has 0 radical (unpaired) electrons. The predicted octanol–water partition coefficient (Wildman–Crippen LogP) is 0.838. The summed E-state index contributed by atoms with van der Waals surface area (Å²) >= 11 is 0. The molecule has 1 heterocycles. The average molecular weight is 338 g/mol. The van der Waals surface area contributed by atoms with Gasteiger partial charge in [-0.3, -0.25) is 9.59 Å². The lowest BCUT2D eigenvalue weighted by molar-refractivity contribution is -0.186. The van der Waals surface area contributed by atoms with Gasteiger partial charge in [-0.15, -0.1) is 0 Å². The molecule has 1 aromatic carbocycles. The van der Waals surface area contributed by atoms with Crippen LogP contribution in [0.1, 0.15) is 35.2 Å².